The van der Waals surface area contributed by atoms with E-state index in [0.717, 1.165) is 6.54 Å². The number of hydrogen-bond acceptors (Lipinski definition) is 4. The summed E-state index contributed by atoms with van der Waals surface area (Å²) in [4.78, 5) is 14.3. The van der Waals surface area contributed by atoms with Gasteiger partial charge in [0.15, 0.2) is 5.96 Å². The Kier molecular flexibility index (Phi) is 4.43. The Hall–Kier alpha value is -0.970. The first-order valence-electron chi connectivity index (χ1n) is 3.48. The first-order valence-corrected chi connectivity index (χ1v) is 3.48. The molecule has 1 heterocycles. The number of nitrogens with one attached hydrogen (secondary N) is 2. The predicted octanol–water partition coefficient (Wildman–Crippen LogP) is -0.570. The quantitative estimate of drug-likeness (QED) is 0.549. The smallest absolute Gasteiger partial charge is 0.325 e. The second-order valence-corrected chi connectivity index (χ2v) is 2.36. The van der Waals surface area contributed by atoms with Crippen molar-refractivity contribution in [3.05, 3.63) is 0 Å². The van der Waals surface area contributed by atoms with E-state index in [1.807, 2.05) is 0 Å². The minimum atomic E-state index is -0.874. The van der Waals surface area contributed by atoms with Gasteiger partial charge in [-0.1, -0.05) is 0 Å². The van der Waals surface area contributed by atoms with Crippen molar-refractivity contribution >= 4 is 24.3 Å². The molecule has 0 aromatic rings. The topological polar surface area (TPSA) is 73.7 Å². The van der Waals surface area contributed by atoms with Crippen LogP contribution in [0.15, 0.2) is 4.99 Å². The van der Waals surface area contributed by atoms with E-state index in [1.165, 1.54) is 0 Å². The molecule has 1 atom stereocenters. The zero-order valence-corrected chi connectivity index (χ0v) is 7.52. The van der Waals surface area contributed by atoms with E-state index < -0.39 is 12.0 Å². The Labute approximate surface area is 76.7 Å². The van der Waals surface area contributed by atoms with E-state index in [4.69, 9.17) is 5.11 Å². The van der Waals surface area contributed by atoms with Gasteiger partial charge in [-0.3, -0.25) is 9.79 Å². The van der Waals surface area contributed by atoms with Crippen molar-refractivity contribution in [2.24, 2.45) is 4.99 Å². The molecule has 0 fully saturated rings. The van der Waals surface area contributed by atoms with Crippen LogP contribution in [0.25, 0.3) is 0 Å². The second kappa shape index (κ2) is 4.82. The summed E-state index contributed by atoms with van der Waals surface area (Å²) in [7, 11) is 0. The van der Waals surface area contributed by atoms with Crippen LogP contribution in [0.4, 0.5) is 0 Å². The highest BCUT2D eigenvalue weighted by Crippen LogP contribution is 1.85. The molecule has 6 heteroatoms. The average molecular weight is 194 g/mol. The minimum Gasteiger partial charge on any atom is -0.480 e. The van der Waals surface area contributed by atoms with Crippen LogP contribution in [0.1, 0.15) is 6.92 Å². The highest BCUT2D eigenvalue weighted by Gasteiger charge is 2.13. The molecule has 0 aromatic carbocycles. The Morgan fingerprint density at radius 1 is 1.83 bits per heavy atom. The molecule has 1 aliphatic heterocycles. The number of carboxylic acids is 1. The maximum absolute atomic E-state index is 10.3. The van der Waals surface area contributed by atoms with Crippen molar-refractivity contribution in [1.29, 1.82) is 0 Å². The van der Waals surface area contributed by atoms with Gasteiger partial charge in [-0.2, -0.15) is 0 Å². The van der Waals surface area contributed by atoms with Gasteiger partial charge in [-0.15, -0.1) is 12.4 Å². The summed E-state index contributed by atoms with van der Waals surface area (Å²) in [6.45, 7) is 3.08. The fourth-order valence-electron chi connectivity index (χ4n) is 0.761. The lowest BCUT2D eigenvalue weighted by Gasteiger charge is -2.09. The molecule has 0 saturated heterocycles. The predicted molar refractivity (Wildman–Crippen MR) is 47.8 cm³/mol. The molecule has 0 unspecified atom stereocenters. The van der Waals surface area contributed by atoms with Gasteiger partial charge in [0.05, 0.1) is 6.54 Å². The molecule has 0 spiro atoms. The molecule has 3 N–H and O–H groups in total. The molecule has 70 valence electrons. The second-order valence-electron chi connectivity index (χ2n) is 2.36. The van der Waals surface area contributed by atoms with Crippen molar-refractivity contribution in [1.82, 2.24) is 10.6 Å². The van der Waals surface area contributed by atoms with E-state index >= 15 is 0 Å². The van der Waals surface area contributed by atoms with Crippen LogP contribution in [-0.2, 0) is 4.79 Å². The lowest BCUT2D eigenvalue weighted by Crippen LogP contribution is -2.43. The van der Waals surface area contributed by atoms with E-state index in [1.54, 1.807) is 6.92 Å². The number of rotatable bonds is 2. The Balaban J connectivity index is 0.00000121. The highest BCUT2D eigenvalue weighted by atomic mass is 35.5. The molecule has 0 radical (unpaired) electrons. The van der Waals surface area contributed by atoms with Crippen LogP contribution in [0, 0.1) is 0 Å². The third-order valence-electron chi connectivity index (χ3n) is 1.40. The molecule has 5 nitrogen and oxygen atoms in total. The van der Waals surface area contributed by atoms with E-state index in [-0.39, 0.29) is 12.4 Å². The Bertz CT molecular complexity index is 195. The third kappa shape index (κ3) is 2.96. The molecule has 0 bridgehead atoms. The number of halogens is 1. The molecular formula is C6H12ClN3O2. The average Bonchev–Trinajstić information content (AvgIpc) is 2.39. The van der Waals surface area contributed by atoms with Gasteiger partial charge in [0.1, 0.15) is 6.04 Å². The van der Waals surface area contributed by atoms with Crippen LogP contribution >= 0.6 is 12.4 Å². The third-order valence-corrected chi connectivity index (χ3v) is 1.40. The standard InChI is InChI=1S/C6H11N3O2.ClH/c1-4(5(10)11)9-6-7-2-3-8-6;/h4H,2-3H2,1H3,(H,10,11)(H2,7,8,9);1H/t4-;/m0./s1. The van der Waals surface area contributed by atoms with E-state index in [9.17, 15) is 4.79 Å². The van der Waals surface area contributed by atoms with Crippen molar-refractivity contribution in [3.63, 3.8) is 0 Å². The van der Waals surface area contributed by atoms with Crippen molar-refractivity contribution < 1.29 is 9.90 Å². The fourth-order valence-corrected chi connectivity index (χ4v) is 0.761. The molecule has 0 amide bonds. The number of guanidine groups is 1. The summed E-state index contributed by atoms with van der Waals surface area (Å²) in [5.74, 6) is -0.290. The first-order chi connectivity index (χ1) is 5.20. The highest BCUT2D eigenvalue weighted by molar-refractivity contribution is 5.86. The summed E-state index contributed by atoms with van der Waals surface area (Å²) in [5, 5.41) is 14.1. The summed E-state index contributed by atoms with van der Waals surface area (Å²) in [5.41, 5.74) is 0. The Morgan fingerprint density at radius 2 is 2.50 bits per heavy atom. The van der Waals surface area contributed by atoms with Gasteiger partial charge in [-0.25, -0.2) is 0 Å². The zero-order chi connectivity index (χ0) is 8.27. The maximum Gasteiger partial charge on any atom is 0.325 e. The maximum atomic E-state index is 10.3. The zero-order valence-electron chi connectivity index (χ0n) is 6.70. The SMILES string of the molecule is C[C@H](NC1=NCCN1)C(=O)O.Cl. The molecule has 12 heavy (non-hydrogen) atoms. The minimum absolute atomic E-state index is 0. The van der Waals surface area contributed by atoms with E-state index in [2.05, 4.69) is 15.6 Å². The van der Waals surface area contributed by atoms with Crippen molar-refractivity contribution in [3.8, 4) is 0 Å². The van der Waals surface area contributed by atoms with Gasteiger partial charge in [0.2, 0.25) is 0 Å². The number of carbonyl (C=O) groups is 1. The summed E-state index contributed by atoms with van der Waals surface area (Å²) < 4.78 is 0. The summed E-state index contributed by atoms with van der Waals surface area (Å²) in [6.07, 6.45) is 0. The fraction of sp³-hybridized carbons (Fsp3) is 0.667. The van der Waals surface area contributed by atoms with Gasteiger partial charge in [0, 0.05) is 6.54 Å². The number of hydrogen-bond donors (Lipinski definition) is 3. The number of carboxylic acid groups (broad SMARTS) is 1. The van der Waals surface area contributed by atoms with Gasteiger partial charge in [-0.05, 0) is 6.92 Å². The van der Waals surface area contributed by atoms with Crippen LogP contribution in [0.3, 0.4) is 0 Å². The van der Waals surface area contributed by atoms with Crippen LogP contribution < -0.4 is 10.6 Å². The molecule has 1 aliphatic rings. The van der Waals surface area contributed by atoms with Crippen molar-refractivity contribution in [2.45, 2.75) is 13.0 Å². The molecule has 0 aromatic heterocycles. The first kappa shape index (κ1) is 11.0. The molecular weight excluding hydrogens is 182 g/mol. The molecule has 0 saturated carbocycles. The number of aliphatic carboxylic acids is 1. The van der Waals surface area contributed by atoms with Crippen LogP contribution in [0.5, 0.6) is 0 Å². The number of nitrogens with zero attached hydrogens (tertiary/aromatic N) is 1. The summed E-state index contributed by atoms with van der Waals surface area (Å²) in [6, 6.07) is -0.584. The lowest BCUT2D eigenvalue weighted by atomic mass is 10.3. The normalized spacial score (nSPS) is 16.9. The van der Waals surface area contributed by atoms with E-state index in [0.29, 0.717) is 12.5 Å². The van der Waals surface area contributed by atoms with Crippen molar-refractivity contribution in [2.75, 3.05) is 13.1 Å². The van der Waals surface area contributed by atoms with Crippen LogP contribution in [-0.4, -0.2) is 36.2 Å². The Morgan fingerprint density at radius 3 is 2.92 bits per heavy atom. The molecule has 0 aliphatic carbocycles. The lowest BCUT2D eigenvalue weighted by molar-refractivity contribution is -0.138. The van der Waals surface area contributed by atoms with Gasteiger partial charge >= 0.3 is 5.97 Å². The monoisotopic (exact) mass is 193 g/mol. The molecule has 1 rings (SSSR count). The summed E-state index contributed by atoms with van der Waals surface area (Å²) >= 11 is 0. The van der Waals surface area contributed by atoms with Crippen LogP contribution in [0.2, 0.25) is 0 Å². The van der Waals surface area contributed by atoms with Gasteiger partial charge in [0.25, 0.3) is 0 Å². The number of aliphatic imine (C=N–C) groups is 1. The van der Waals surface area contributed by atoms with Gasteiger partial charge < -0.3 is 15.7 Å². The largest absolute Gasteiger partial charge is 0.480 e.